The maximum absolute atomic E-state index is 10.4. The molecule has 0 saturated heterocycles. The van der Waals surface area contributed by atoms with E-state index >= 15 is 0 Å². The van der Waals surface area contributed by atoms with Gasteiger partial charge in [-0.3, -0.25) is 4.79 Å². The first-order chi connectivity index (χ1) is 17.2. The van der Waals surface area contributed by atoms with Crippen molar-refractivity contribution in [3.8, 4) is 11.5 Å². The number of rotatable bonds is 13. The number of aliphatic carboxylic acids is 1. The van der Waals surface area contributed by atoms with Crippen LogP contribution in [0.5, 0.6) is 11.5 Å². The Balaban J connectivity index is 0.00000102. The number of hydrogen-bond acceptors (Lipinski definition) is 3. The summed E-state index contributed by atoms with van der Waals surface area (Å²) >= 11 is 0. The Hall–Kier alpha value is -1.71. The summed E-state index contributed by atoms with van der Waals surface area (Å²) in [6.07, 6.45) is 14.1. The SMILES string of the molecule is CC(C)C(=O)O.Cc1c(C)c2c(c(C)c1O)CC[C@@](C)(CCC[C@H](C)CCC[C@H](C)CCCC(C)C)O2. The molecule has 214 valence electrons. The van der Waals surface area contributed by atoms with Crippen LogP contribution in [0.1, 0.15) is 135 Å². The van der Waals surface area contributed by atoms with Gasteiger partial charge in [0.25, 0.3) is 0 Å². The summed E-state index contributed by atoms with van der Waals surface area (Å²) in [5.74, 6) is 3.06. The zero-order valence-electron chi connectivity index (χ0n) is 25.8. The second kappa shape index (κ2) is 15.6. The van der Waals surface area contributed by atoms with Crippen molar-refractivity contribution in [1.82, 2.24) is 0 Å². The molecule has 0 aliphatic carbocycles. The summed E-state index contributed by atoms with van der Waals surface area (Å²) < 4.78 is 6.60. The van der Waals surface area contributed by atoms with Crippen LogP contribution in [-0.2, 0) is 11.2 Å². The first-order valence-corrected chi connectivity index (χ1v) is 14.9. The van der Waals surface area contributed by atoms with Gasteiger partial charge in [-0.2, -0.15) is 0 Å². The van der Waals surface area contributed by atoms with Crippen molar-refractivity contribution in [2.75, 3.05) is 0 Å². The fourth-order valence-corrected chi connectivity index (χ4v) is 5.27. The van der Waals surface area contributed by atoms with Gasteiger partial charge in [-0.1, -0.05) is 86.5 Å². The second-order valence-electron chi connectivity index (χ2n) is 12.9. The van der Waals surface area contributed by atoms with Gasteiger partial charge < -0.3 is 14.9 Å². The van der Waals surface area contributed by atoms with Crippen LogP contribution in [0.3, 0.4) is 0 Å². The number of aromatic hydroxyl groups is 1. The van der Waals surface area contributed by atoms with Crippen LogP contribution in [0, 0.1) is 44.4 Å². The van der Waals surface area contributed by atoms with Crippen molar-refractivity contribution in [2.45, 2.75) is 145 Å². The van der Waals surface area contributed by atoms with Gasteiger partial charge in [-0.15, -0.1) is 0 Å². The van der Waals surface area contributed by atoms with Gasteiger partial charge >= 0.3 is 5.97 Å². The largest absolute Gasteiger partial charge is 0.507 e. The Morgan fingerprint density at radius 3 is 1.81 bits per heavy atom. The van der Waals surface area contributed by atoms with Gasteiger partial charge in [0.05, 0.1) is 5.92 Å². The molecule has 1 aromatic rings. The van der Waals surface area contributed by atoms with Gasteiger partial charge in [0.1, 0.15) is 17.1 Å². The van der Waals surface area contributed by atoms with E-state index in [1.165, 1.54) is 56.9 Å². The van der Waals surface area contributed by atoms with E-state index in [-0.39, 0.29) is 11.5 Å². The van der Waals surface area contributed by atoms with E-state index in [1.54, 1.807) is 13.8 Å². The maximum atomic E-state index is 10.4. The predicted molar refractivity (Wildman–Crippen MR) is 157 cm³/mol. The highest BCUT2D eigenvalue weighted by atomic mass is 16.5. The Labute approximate surface area is 228 Å². The van der Waals surface area contributed by atoms with E-state index in [0.29, 0.717) is 5.75 Å². The lowest BCUT2D eigenvalue weighted by atomic mass is 9.84. The molecular weight excluding hydrogens is 460 g/mol. The van der Waals surface area contributed by atoms with E-state index < -0.39 is 5.97 Å². The summed E-state index contributed by atoms with van der Waals surface area (Å²) in [5, 5.41) is 18.4. The van der Waals surface area contributed by atoms with Crippen LogP contribution in [0.2, 0.25) is 0 Å². The highest BCUT2D eigenvalue weighted by Gasteiger charge is 2.34. The second-order valence-corrected chi connectivity index (χ2v) is 12.9. The molecule has 0 fully saturated rings. The van der Waals surface area contributed by atoms with Crippen LogP contribution in [-0.4, -0.2) is 21.8 Å². The van der Waals surface area contributed by atoms with Crippen molar-refractivity contribution in [1.29, 1.82) is 0 Å². The van der Waals surface area contributed by atoms with Crippen LogP contribution < -0.4 is 4.74 Å². The molecule has 3 atom stereocenters. The van der Waals surface area contributed by atoms with E-state index in [0.717, 1.165) is 59.5 Å². The zero-order chi connectivity index (χ0) is 28.3. The normalized spacial score (nSPS) is 18.6. The number of benzene rings is 1. The average Bonchev–Trinajstić information content (AvgIpc) is 2.81. The smallest absolute Gasteiger partial charge is 0.305 e. The van der Waals surface area contributed by atoms with E-state index in [2.05, 4.69) is 41.5 Å². The molecule has 0 saturated carbocycles. The van der Waals surface area contributed by atoms with Gasteiger partial charge in [-0.25, -0.2) is 0 Å². The third-order valence-corrected chi connectivity index (χ3v) is 8.36. The van der Waals surface area contributed by atoms with Crippen LogP contribution in [0.15, 0.2) is 0 Å². The van der Waals surface area contributed by atoms with Gasteiger partial charge in [0.15, 0.2) is 0 Å². The number of phenolic OH excluding ortho intramolecular Hbond substituents is 1. The van der Waals surface area contributed by atoms with Crippen molar-refractivity contribution >= 4 is 5.97 Å². The lowest BCUT2D eigenvalue weighted by molar-refractivity contribution is -0.140. The number of carbonyl (C=O) groups is 1. The minimum Gasteiger partial charge on any atom is -0.507 e. The summed E-state index contributed by atoms with van der Waals surface area (Å²) in [4.78, 5) is 9.70. The zero-order valence-corrected chi connectivity index (χ0v) is 25.8. The fourth-order valence-electron chi connectivity index (χ4n) is 5.27. The summed E-state index contributed by atoms with van der Waals surface area (Å²) in [5.41, 5.74) is 4.23. The molecule has 1 aliphatic heterocycles. The molecule has 0 unspecified atom stereocenters. The highest BCUT2D eigenvalue weighted by molar-refractivity contribution is 5.68. The standard InChI is InChI=1S/C29H50O2.C4H8O2/c1-20(2)12-9-13-21(3)14-10-15-22(4)16-11-18-29(8)19-17-26-25(7)27(30)23(5)24(6)28(26)31-29;1-3(2)4(5)6/h20-22,30H,9-19H2,1-8H3;3H,1-2H3,(H,5,6)/t21-,22-,29-;/m1./s1. The minimum absolute atomic E-state index is 0.0712. The number of ether oxygens (including phenoxy) is 1. The number of carboxylic acid groups (broad SMARTS) is 1. The molecule has 4 nitrogen and oxygen atoms in total. The van der Waals surface area contributed by atoms with E-state index in [1.807, 2.05) is 13.8 Å². The van der Waals surface area contributed by atoms with Crippen LogP contribution >= 0.6 is 0 Å². The number of phenols is 1. The molecule has 4 heteroatoms. The van der Waals surface area contributed by atoms with Gasteiger partial charge in [-0.05, 0) is 87.8 Å². The maximum Gasteiger partial charge on any atom is 0.305 e. The third-order valence-electron chi connectivity index (χ3n) is 8.36. The van der Waals surface area contributed by atoms with Crippen molar-refractivity contribution in [3.05, 3.63) is 22.3 Å². The fraction of sp³-hybridized carbons (Fsp3) is 0.788. The van der Waals surface area contributed by atoms with Gasteiger partial charge in [0.2, 0.25) is 0 Å². The van der Waals surface area contributed by atoms with Crippen LogP contribution in [0.4, 0.5) is 0 Å². The molecular formula is C33H58O4. The number of hydrogen-bond donors (Lipinski definition) is 2. The Kier molecular flexibility index (Phi) is 14.1. The quantitative estimate of drug-likeness (QED) is 0.273. The summed E-state index contributed by atoms with van der Waals surface area (Å²) in [6.45, 7) is 21.2. The summed E-state index contributed by atoms with van der Waals surface area (Å²) in [7, 11) is 0. The summed E-state index contributed by atoms with van der Waals surface area (Å²) in [6, 6.07) is 0. The molecule has 0 amide bonds. The number of fused-ring (bicyclic) bond motifs is 1. The topological polar surface area (TPSA) is 66.8 Å². The molecule has 37 heavy (non-hydrogen) atoms. The Morgan fingerprint density at radius 2 is 1.32 bits per heavy atom. The molecule has 1 heterocycles. The van der Waals surface area contributed by atoms with Crippen molar-refractivity contribution in [2.24, 2.45) is 23.7 Å². The molecule has 2 N–H and O–H groups in total. The minimum atomic E-state index is -0.741. The monoisotopic (exact) mass is 518 g/mol. The highest BCUT2D eigenvalue weighted by Crippen LogP contribution is 2.44. The molecule has 0 bridgehead atoms. The van der Waals surface area contributed by atoms with Gasteiger partial charge in [0, 0.05) is 5.56 Å². The average molecular weight is 519 g/mol. The third kappa shape index (κ3) is 11.3. The van der Waals surface area contributed by atoms with Crippen LogP contribution in [0.25, 0.3) is 0 Å². The van der Waals surface area contributed by atoms with E-state index in [9.17, 15) is 9.90 Å². The first-order valence-electron chi connectivity index (χ1n) is 14.9. The first kappa shape index (κ1) is 33.3. The van der Waals surface area contributed by atoms with Crippen molar-refractivity contribution in [3.63, 3.8) is 0 Å². The molecule has 0 spiro atoms. The lowest BCUT2D eigenvalue weighted by Crippen LogP contribution is -2.37. The Morgan fingerprint density at radius 1 is 0.838 bits per heavy atom. The lowest BCUT2D eigenvalue weighted by Gasteiger charge is -2.38. The molecule has 2 rings (SSSR count). The Bertz CT molecular complexity index is 841. The van der Waals surface area contributed by atoms with Crippen molar-refractivity contribution < 1.29 is 19.7 Å². The molecule has 0 aromatic heterocycles. The van der Waals surface area contributed by atoms with E-state index in [4.69, 9.17) is 9.84 Å². The molecule has 1 aromatic carbocycles. The molecule has 0 radical (unpaired) electrons. The predicted octanol–water partition coefficient (Wildman–Crippen LogP) is 9.57. The number of carboxylic acids is 1. The molecule has 1 aliphatic rings.